The number of hydrogen-bond donors (Lipinski definition) is 3. The first kappa shape index (κ1) is 10.5. The maximum absolute atomic E-state index is 10.3. The molecule has 9 heteroatoms. The van der Waals surface area contributed by atoms with E-state index < -0.39 is 38.4 Å². The minimum atomic E-state index is -1.04. The second-order valence-electron chi connectivity index (χ2n) is 2.54. The van der Waals surface area contributed by atoms with Crippen molar-refractivity contribution in [1.29, 1.82) is 0 Å². The lowest BCUT2D eigenvalue weighted by Gasteiger charge is -2.02. The van der Waals surface area contributed by atoms with Crippen molar-refractivity contribution in [3.8, 4) is 11.5 Å². The highest BCUT2D eigenvalue weighted by molar-refractivity contribution is 5.76. The Hall–Kier alpha value is -2.58. The molecule has 0 spiro atoms. The van der Waals surface area contributed by atoms with Crippen molar-refractivity contribution in [2.45, 2.75) is 0 Å². The Labute approximate surface area is 81.7 Å². The molecule has 1 aromatic carbocycles. The van der Waals surface area contributed by atoms with Crippen LogP contribution in [0.4, 0.5) is 17.1 Å². The molecule has 0 unspecified atom stereocenters. The average molecular weight is 215 g/mol. The van der Waals surface area contributed by atoms with E-state index in [-0.39, 0.29) is 0 Å². The van der Waals surface area contributed by atoms with Gasteiger partial charge in [0, 0.05) is 0 Å². The summed E-state index contributed by atoms with van der Waals surface area (Å²) in [5, 5.41) is 38.9. The van der Waals surface area contributed by atoms with E-state index in [1.807, 2.05) is 0 Å². The van der Waals surface area contributed by atoms with Crippen LogP contribution in [-0.2, 0) is 0 Å². The van der Waals surface area contributed by atoms with Gasteiger partial charge in [0.1, 0.15) is 11.8 Å². The molecular weight excluding hydrogens is 210 g/mol. The van der Waals surface area contributed by atoms with Crippen LogP contribution in [0.1, 0.15) is 0 Å². The van der Waals surface area contributed by atoms with Gasteiger partial charge < -0.3 is 15.9 Å². The van der Waals surface area contributed by atoms with Crippen LogP contribution in [0.3, 0.4) is 0 Å². The summed E-state index contributed by atoms with van der Waals surface area (Å²) >= 11 is 0. The molecule has 9 nitrogen and oxygen atoms in total. The number of anilines is 1. The van der Waals surface area contributed by atoms with Crippen molar-refractivity contribution in [3.05, 3.63) is 26.3 Å². The molecule has 80 valence electrons. The fraction of sp³-hybridized carbons (Fsp3) is 0. The predicted molar refractivity (Wildman–Crippen MR) is 47.5 cm³/mol. The van der Waals surface area contributed by atoms with Gasteiger partial charge in [0.25, 0.3) is 0 Å². The number of aromatic hydroxyl groups is 2. The lowest BCUT2D eigenvalue weighted by atomic mass is 10.2. The first-order valence-corrected chi connectivity index (χ1v) is 3.49. The third-order valence-electron chi connectivity index (χ3n) is 1.66. The Morgan fingerprint density at radius 2 is 1.40 bits per heavy atom. The summed E-state index contributed by atoms with van der Waals surface area (Å²) in [6.07, 6.45) is 0. The molecule has 15 heavy (non-hydrogen) atoms. The molecule has 0 amide bonds. The number of nitro benzene ring substituents is 2. The Balaban J connectivity index is 3.59. The van der Waals surface area contributed by atoms with Crippen LogP contribution in [0.2, 0.25) is 0 Å². The summed E-state index contributed by atoms with van der Waals surface area (Å²) in [4.78, 5) is 18.6. The van der Waals surface area contributed by atoms with Crippen LogP contribution in [0.15, 0.2) is 6.07 Å². The number of nitrogens with two attached hydrogens (primary N) is 1. The second-order valence-corrected chi connectivity index (χ2v) is 2.54. The molecule has 4 N–H and O–H groups in total. The lowest BCUT2D eigenvalue weighted by molar-refractivity contribution is -0.395. The van der Waals surface area contributed by atoms with Crippen molar-refractivity contribution < 1.29 is 20.1 Å². The van der Waals surface area contributed by atoms with Crippen molar-refractivity contribution in [3.63, 3.8) is 0 Å². The summed E-state index contributed by atoms with van der Waals surface area (Å²) < 4.78 is 0. The molecule has 0 saturated carbocycles. The fourth-order valence-corrected chi connectivity index (χ4v) is 0.933. The number of rotatable bonds is 2. The number of nitrogen functional groups attached to an aromatic ring is 1. The third-order valence-corrected chi connectivity index (χ3v) is 1.66. The summed E-state index contributed by atoms with van der Waals surface area (Å²) in [5.41, 5.74) is 2.39. The highest BCUT2D eigenvalue weighted by atomic mass is 16.6. The van der Waals surface area contributed by atoms with Crippen LogP contribution >= 0.6 is 0 Å². The quantitative estimate of drug-likeness (QED) is 0.281. The maximum atomic E-state index is 10.3. The molecule has 1 aromatic rings. The lowest BCUT2D eigenvalue weighted by Crippen LogP contribution is -1.98. The molecule has 0 saturated heterocycles. The van der Waals surface area contributed by atoms with Gasteiger partial charge in [0.15, 0.2) is 0 Å². The summed E-state index contributed by atoms with van der Waals surface area (Å²) in [6.45, 7) is 0. The zero-order chi connectivity index (χ0) is 11.7. The van der Waals surface area contributed by atoms with E-state index in [1.54, 1.807) is 0 Å². The number of nitro groups is 2. The van der Waals surface area contributed by atoms with Gasteiger partial charge in [-0.1, -0.05) is 0 Å². The number of benzene rings is 1. The molecule has 0 radical (unpaired) electrons. The van der Waals surface area contributed by atoms with Gasteiger partial charge in [0.05, 0.1) is 9.85 Å². The minimum Gasteiger partial charge on any atom is -0.501 e. The fourth-order valence-electron chi connectivity index (χ4n) is 0.933. The van der Waals surface area contributed by atoms with E-state index in [0.29, 0.717) is 6.07 Å². The van der Waals surface area contributed by atoms with Gasteiger partial charge >= 0.3 is 11.4 Å². The predicted octanol–water partition coefficient (Wildman–Crippen LogP) is 0.496. The smallest absolute Gasteiger partial charge is 0.320 e. The van der Waals surface area contributed by atoms with Crippen molar-refractivity contribution in [2.24, 2.45) is 0 Å². The van der Waals surface area contributed by atoms with Crippen LogP contribution in [0.25, 0.3) is 0 Å². The van der Waals surface area contributed by atoms with Gasteiger partial charge in [-0.3, -0.25) is 20.2 Å². The average Bonchev–Trinajstić information content (AvgIpc) is 2.13. The van der Waals surface area contributed by atoms with E-state index in [4.69, 9.17) is 15.9 Å². The summed E-state index contributed by atoms with van der Waals surface area (Å²) in [6, 6.07) is 0.432. The van der Waals surface area contributed by atoms with Gasteiger partial charge in [-0.05, 0) is 0 Å². The number of phenolic OH excluding ortho intramolecular Hbond substituents is 2. The minimum absolute atomic E-state index is 0.432. The highest BCUT2D eigenvalue weighted by Crippen LogP contribution is 2.44. The first-order chi connectivity index (χ1) is 6.86. The largest absolute Gasteiger partial charge is 0.501 e. The maximum Gasteiger partial charge on any atom is 0.320 e. The van der Waals surface area contributed by atoms with Crippen molar-refractivity contribution in [2.75, 3.05) is 5.73 Å². The Kier molecular flexibility index (Phi) is 2.30. The molecule has 0 heterocycles. The molecular formula is C6H5N3O6. The number of phenols is 2. The molecule has 0 aliphatic heterocycles. The molecule has 0 aliphatic carbocycles. The van der Waals surface area contributed by atoms with Crippen LogP contribution in [0, 0.1) is 20.2 Å². The van der Waals surface area contributed by atoms with Gasteiger partial charge in [-0.2, -0.15) is 0 Å². The summed E-state index contributed by atoms with van der Waals surface area (Å²) in [5.74, 6) is -1.99. The van der Waals surface area contributed by atoms with Crippen LogP contribution < -0.4 is 5.73 Å². The van der Waals surface area contributed by atoms with E-state index in [9.17, 15) is 20.2 Å². The molecule has 0 fully saturated rings. The Morgan fingerprint density at radius 3 is 1.67 bits per heavy atom. The zero-order valence-electron chi connectivity index (χ0n) is 7.08. The number of hydrogen-bond acceptors (Lipinski definition) is 7. The molecule has 0 bridgehead atoms. The zero-order valence-corrected chi connectivity index (χ0v) is 7.08. The van der Waals surface area contributed by atoms with Crippen LogP contribution in [-0.4, -0.2) is 20.1 Å². The van der Waals surface area contributed by atoms with E-state index in [0.717, 1.165) is 0 Å². The Morgan fingerprint density at radius 1 is 1.07 bits per heavy atom. The second kappa shape index (κ2) is 3.29. The normalized spacial score (nSPS) is 9.87. The first-order valence-electron chi connectivity index (χ1n) is 3.49. The third kappa shape index (κ3) is 1.57. The molecule has 0 aliphatic rings. The van der Waals surface area contributed by atoms with E-state index in [1.165, 1.54) is 0 Å². The van der Waals surface area contributed by atoms with Crippen LogP contribution in [0.5, 0.6) is 11.5 Å². The molecule has 0 atom stereocenters. The van der Waals surface area contributed by atoms with Crippen molar-refractivity contribution in [1.82, 2.24) is 0 Å². The highest BCUT2D eigenvalue weighted by Gasteiger charge is 2.28. The summed E-state index contributed by atoms with van der Waals surface area (Å²) in [7, 11) is 0. The molecule has 0 aromatic heterocycles. The topological polar surface area (TPSA) is 153 Å². The SMILES string of the molecule is Nc1c(O)c([N+](=O)[O-])cc([N+](=O)[O-])c1O. The molecule has 1 rings (SSSR count). The van der Waals surface area contributed by atoms with E-state index >= 15 is 0 Å². The Bertz CT molecular complexity index is 418. The van der Waals surface area contributed by atoms with Gasteiger partial charge in [-0.15, -0.1) is 0 Å². The van der Waals surface area contributed by atoms with Gasteiger partial charge in [-0.25, -0.2) is 0 Å². The monoisotopic (exact) mass is 215 g/mol. The van der Waals surface area contributed by atoms with E-state index in [2.05, 4.69) is 0 Å². The van der Waals surface area contributed by atoms with Crippen molar-refractivity contribution >= 4 is 17.1 Å². The number of nitrogens with zero attached hydrogens (tertiary/aromatic N) is 2. The standard InChI is InChI=1S/C6H5N3O6/c7-4-5(10)2(8(12)13)1-3(6(4)11)9(14)15/h1,10-11H,7H2. The van der Waals surface area contributed by atoms with Gasteiger partial charge in [0.2, 0.25) is 11.5 Å².